The Hall–Kier alpha value is -1.06. The number of benzene rings is 1. The highest BCUT2D eigenvalue weighted by molar-refractivity contribution is 5.34. The van der Waals surface area contributed by atoms with E-state index in [1.165, 1.54) is 19.4 Å². The predicted octanol–water partition coefficient (Wildman–Crippen LogP) is 2.53. The van der Waals surface area contributed by atoms with Crippen molar-refractivity contribution < 1.29 is 5.11 Å². The number of phenols is 1. The zero-order valence-corrected chi connectivity index (χ0v) is 11.4. The van der Waals surface area contributed by atoms with Gasteiger partial charge in [0.25, 0.3) is 0 Å². The number of phenolic OH excluding ortho intramolecular Hbond substituents is 1. The maximum absolute atomic E-state index is 9.91. The largest absolute Gasteiger partial charge is 0.508 e. The molecule has 0 saturated carbocycles. The highest BCUT2D eigenvalue weighted by Crippen LogP contribution is 2.26. The van der Waals surface area contributed by atoms with Crippen LogP contribution in [-0.4, -0.2) is 36.2 Å². The molecule has 1 aromatic rings. The topological polar surface area (TPSA) is 35.5 Å². The van der Waals surface area contributed by atoms with Crippen LogP contribution in [0.5, 0.6) is 5.75 Å². The van der Waals surface area contributed by atoms with Crippen LogP contribution >= 0.6 is 0 Å². The van der Waals surface area contributed by atoms with Crippen LogP contribution in [0.25, 0.3) is 0 Å². The number of nitrogens with one attached hydrogen (secondary N) is 1. The molecule has 3 nitrogen and oxygen atoms in total. The molecule has 2 N–H and O–H groups in total. The summed E-state index contributed by atoms with van der Waals surface area (Å²) >= 11 is 0. The zero-order chi connectivity index (χ0) is 13.0. The summed E-state index contributed by atoms with van der Waals surface area (Å²) in [6.45, 7) is 4.37. The van der Waals surface area contributed by atoms with E-state index in [-0.39, 0.29) is 6.04 Å². The summed E-state index contributed by atoms with van der Waals surface area (Å²) in [7, 11) is 2.19. The van der Waals surface area contributed by atoms with Gasteiger partial charge in [-0.3, -0.25) is 0 Å². The molecule has 18 heavy (non-hydrogen) atoms. The molecule has 1 fully saturated rings. The van der Waals surface area contributed by atoms with Gasteiger partial charge in [-0.1, -0.05) is 25.1 Å². The molecular formula is C15H24N2O. The Morgan fingerprint density at radius 3 is 2.83 bits per heavy atom. The lowest BCUT2D eigenvalue weighted by Gasteiger charge is -2.24. The number of aromatic hydroxyl groups is 1. The molecule has 0 aliphatic carbocycles. The molecule has 1 saturated heterocycles. The number of hydrogen-bond acceptors (Lipinski definition) is 3. The summed E-state index contributed by atoms with van der Waals surface area (Å²) in [4.78, 5) is 2.42. The van der Waals surface area contributed by atoms with Crippen molar-refractivity contribution in [2.75, 3.05) is 20.1 Å². The number of rotatable bonds is 5. The number of para-hydroxylation sites is 1. The molecule has 2 atom stereocenters. The second-order valence-corrected chi connectivity index (χ2v) is 5.20. The first-order chi connectivity index (χ1) is 8.72. The molecule has 0 spiro atoms. The van der Waals surface area contributed by atoms with Gasteiger partial charge in [-0.25, -0.2) is 0 Å². The third kappa shape index (κ3) is 3.03. The standard InChI is InChI=1S/C15H24N2O/c1-3-14(13-8-4-5-9-15(13)18)16-11-12-7-6-10-17(12)2/h4-5,8-9,12,14,16,18H,3,6-7,10-11H2,1-2H3. The van der Waals surface area contributed by atoms with E-state index in [2.05, 4.69) is 24.2 Å². The van der Waals surface area contributed by atoms with Crippen molar-refractivity contribution in [2.24, 2.45) is 0 Å². The van der Waals surface area contributed by atoms with Crippen molar-refractivity contribution in [2.45, 2.75) is 38.3 Å². The fraction of sp³-hybridized carbons (Fsp3) is 0.600. The van der Waals surface area contributed by atoms with Crippen molar-refractivity contribution in [1.29, 1.82) is 0 Å². The second kappa shape index (κ2) is 6.21. The van der Waals surface area contributed by atoms with Gasteiger partial charge in [0, 0.05) is 24.2 Å². The summed E-state index contributed by atoms with van der Waals surface area (Å²) in [5.41, 5.74) is 1.01. The quantitative estimate of drug-likeness (QED) is 0.840. The SMILES string of the molecule is CCC(NCC1CCCN1C)c1ccccc1O. The van der Waals surface area contributed by atoms with E-state index in [1.807, 2.05) is 18.2 Å². The van der Waals surface area contributed by atoms with Crippen LogP contribution in [0, 0.1) is 0 Å². The molecule has 3 heteroatoms. The lowest BCUT2D eigenvalue weighted by atomic mass is 10.0. The van der Waals surface area contributed by atoms with Gasteiger partial charge in [-0.2, -0.15) is 0 Å². The fourth-order valence-corrected chi connectivity index (χ4v) is 2.77. The van der Waals surface area contributed by atoms with Crippen molar-refractivity contribution in [3.05, 3.63) is 29.8 Å². The Kier molecular flexibility index (Phi) is 4.61. The molecule has 1 aliphatic heterocycles. The monoisotopic (exact) mass is 248 g/mol. The minimum atomic E-state index is 0.250. The Morgan fingerprint density at radius 1 is 1.44 bits per heavy atom. The van der Waals surface area contributed by atoms with Crippen LogP contribution in [0.2, 0.25) is 0 Å². The zero-order valence-electron chi connectivity index (χ0n) is 11.4. The Bertz CT molecular complexity index is 381. The van der Waals surface area contributed by atoms with Gasteiger partial charge >= 0.3 is 0 Å². The normalized spacial score (nSPS) is 22.2. The molecule has 0 amide bonds. The van der Waals surface area contributed by atoms with Gasteiger partial charge in [-0.05, 0) is 38.9 Å². The van der Waals surface area contributed by atoms with Crippen LogP contribution in [0.3, 0.4) is 0 Å². The molecule has 1 heterocycles. The third-order valence-electron chi connectivity index (χ3n) is 3.99. The Morgan fingerprint density at radius 2 is 2.22 bits per heavy atom. The minimum absolute atomic E-state index is 0.250. The summed E-state index contributed by atoms with van der Waals surface area (Å²) in [6.07, 6.45) is 3.57. The van der Waals surface area contributed by atoms with Crippen LogP contribution < -0.4 is 5.32 Å². The maximum atomic E-state index is 9.91. The molecule has 0 bridgehead atoms. The van der Waals surface area contributed by atoms with E-state index in [9.17, 15) is 5.11 Å². The van der Waals surface area contributed by atoms with E-state index in [0.717, 1.165) is 18.5 Å². The molecule has 1 aromatic carbocycles. The van der Waals surface area contributed by atoms with E-state index in [0.29, 0.717) is 11.8 Å². The lowest BCUT2D eigenvalue weighted by molar-refractivity contribution is 0.289. The van der Waals surface area contributed by atoms with Crippen molar-refractivity contribution >= 4 is 0 Å². The minimum Gasteiger partial charge on any atom is -0.508 e. The molecule has 1 aliphatic rings. The van der Waals surface area contributed by atoms with Crippen LogP contribution in [0.4, 0.5) is 0 Å². The number of likely N-dealkylation sites (N-methyl/N-ethyl adjacent to an activating group) is 1. The summed E-state index contributed by atoms with van der Waals surface area (Å²) in [5.74, 6) is 0.400. The van der Waals surface area contributed by atoms with E-state index in [1.54, 1.807) is 6.07 Å². The first-order valence-electron chi connectivity index (χ1n) is 6.94. The number of hydrogen-bond donors (Lipinski definition) is 2. The Labute approximate surface area is 110 Å². The molecule has 2 rings (SSSR count). The van der Waals surface area contributed by atoms with Gasteiger partial charge in [0.15, 0.2) is 0 Å². The van der Waals surface area contributed by atoms with Gasteiger partial charge in [-0.15, -0.1) is 0 Å². The predicted molar refractivity (Wildman–Crippen MR) is 74.8 cm³/mol. The highest BCUT2D eigenvalue weighted by Gasteiger charge is 2.22. The highest BCUT2D eigenvalue weighted by atomic mass is 16.3. The van der Waals surface area contributed by atoms with E-state index < -0.39 is 0 Å². The van der Waals surface area contributed by atoms with Crippen molar-refractivity contribution in [3.8, 4) is 5.75 Å². The lowest BCUT2D eigenvalue weighted by Crippen LogP contribution is -2.37. The van der Waals surface area contributed by atoms with Crippen molar-refractivity contribution in [3.63, 3.8) is 0 Å². The summed E-state index contributed by atoms with van der Waals surface area (Å²) in [5, 5.41) is 13.5. The Balaban J connectivity index is 1.95. The van der Waals surface area contributed by atoms with Gasteiger partial charge < -0.3 is 15.3 Å². The number of nitrogens with zero attached hydrogens (tertiary/aromatic N) is 1. The summed E-state index contributed by atoms with van der Waals surface area (Å²) < 4.78 is 0. The van der Waals surface area contributed by atoms with Gasteiger partial charge in [0.1, 0.15) is 5.75 Å². The molecule has 0 aromatic heterocycles. The average Bonchev–Trinajstić information content (AvgIpc) is 2.78. The fourth-order valence-electron chi connectivity index (χ4n) is 2.77. The number of likely N-dealkylation sites (tertiary alicyclic amines) is 1. The first kappa shape index (κ1) is 13.4. The van der Waals surface area contributed by atoms with Gasteiger partial charge in [0.05, 0.1) is 0 Å². The second-order valence-electron chi connectivity index (χ2n) is 5.20. The van der Waals surface area contributed by atoms with Crippen molar-refractivity contribution in [1.82, 2.24) is 10.2 Å². The molecule has 0 radical (unpaired) electrons. The first-order valence-corrected chi connectivity index (χ1v) is 6.94. The molecule has 100 valence electrons. The molecule has 2 unspecified atom stereocenters. The van der Waals surface area contributed by atoms with Crippen LogP contribution in [-0.2, 0) is 0 Å². The van der Waals surface area contributed by atoms with Gasteiger partial charge in [0.2, 0.25) is 0 Å². The van der Waals surface area contributed by atoms with E-state index >= 15 is 0 Å². The summed E-state index contributed by atoms with van der Waals surface area (Å²) in [6, 6.07) is 8.53. The third-order valence-corrected chi connectivity index (χ3v) is 3.99. The smallest absolute Gasteiger partial charge is 0.120 e. The molecular weight excluding hydrogens is 224 g/mol. The van der Waals surface area contributed by atoms with Crippen LogP contribution in [0.1, 0.15) is 37.8 Å². The average molecular weight is 248 g/mol. The maximum Gasteiger partial charge on any atom is 0.120 e. The van der Waals surface area contributed by atoms with E-state index in [4.69, 9.17) is 0 Å². The van der Waals surface area contributed by atoms with Crippen LogP contribution in [0.15, 0.2) is 24.3 Å².